The van der Waals surface area contributed by atoms with Crippen molar-refractivity contribution in [2.75, 3.05) is 5.73 Å². The van der Waals surface area contributed by atoms with Gasteiger partial charge in [0, 0.05) is 22.8 Å². The lowest BCUT2D eigenvalue weighted by Gasteiger charge is -2.42. The second-order valence-electron chi connectivity index (χ2n) is 7.60. The molecule has 0 unspecified atom stereocenters. The van der Waals surface area contributed by atoms with Crippen molar-refractivity contribution in [2.45, 2.75) is 31.1 Å². The molecule has 2 aromatic carbocycles. The molecule has 0 saturated heterocycles. The first kappa shape index (κ1) is 16.9. The van der Waals surface area contributed by atoms with Crippen LogP contribution in [0.25, 0.3) is 22.2 Å². The van der Waals surface area contributed by atoms with Crippen LogP contribution in [0.5, 0.6) is 0 Å². The van der Waals surface area contributed by atoms with Crippen LogP contribution in [-0.4, -0.2) is 20.4 Å². The number of H-pyrrole nitrogens is 1. The number of nitrogens with zero attached hydrogens (tertiary/aromatic N) is 3. The van der Waals surface area contributed by atoms with Crippen molar-refractivity contribution >= 4 is 16.7 Å². The summed E-state index contributed by atoms with van der Waals surface area (Å²) < 4.78 is 13.3. The van der Waals surface area contributed by atoms with E-state index in [1.54, 1.807) is 12.1 Å². The summed E-state index contributed by atoms with van der Waals surface area (Å²) in [5.41, 5.74) is 10.7. The normalized spacial score (nSPS) is 15.5. The molecule has 0 spiro atoms. The Labute approximate surface area is 161 Å². The van der Waals surface area contributed by atoms with Crippen LogP contribution in [0.1, 0.15) is 30.5 Å². The van der Waals surface area contributed by atoms with E-state index in [1.165, 1.54) is 12.0 Å². The zero-order valence-electron chi connectivity index (χ0n) is 15.3. The first-order valence-corrected chi connectivity index (χ1v) is 9.46. The van der Waals surface area contributed by atoms with Crippen LogP contribution in [-0.2, 0) is 11.8 Å². The van der Waals surface area contributed by atoms with Gasteiger partial charge in [-0.1, -0.05) is 24.6 Å². The van der Waals surface area contributed by atoms with Crippen molar-refractivity contribution in [2.24, 2.45) is 0 Å². The van der Waals surface area contributed by atoms with E-state index in [2.05, 4.69) is 20.4 Å². The van der Waals surface area contributed by atoms with Gasteiger partial charge in [0.25, 0.3) is 0 Å². The van der Waals surface area contributed by atoms with Gasteiger partial charge in [0.05, 0.1) is 16.9 Å². The van der Waals surface area contributed by atoms with Gasteiger partial charge in [-0.3, -0.25) is 5.10 Å². The second-order valence-corrected chi connectivity index (χ2v) is 7.60. The highest BCUT2D eigenvalue weighted by molar-refractivity contribution is 5.91. The number of nitrogens with two attached hydrogens (primary N) is 1. The lowest BCUT2D eigenvalue weighted by Crippen LogP contribution is -2.36. The fourth-order valence-electron chi connectivity index (χ4n) is 4.12. The predicted octanol–water partition coefficient (Wildman–Crippen LogP) is 4.41. The van der Waals surface area contributed by atoms with Crippen molar-refractivity contribution in [1.82, 2.24) is 20.4 Å². The van der Waals surface area contributed by atoms with Crippen LogP contribution in [0.2, 0.25) is 0 Å². The Morgan fingerprint density at radius 2 is 1.82 bits per heavy atom. The number of aromatic amines is 1. The van der Waals surface area contributed by atoms with Gasteiger partial charge < -0.3 is 5.73 Å². The maximum atomic E-state index is 13.3. The molecule has 0 radical (unpaired) electrons. The van der Waals surface area contributed by atoms with Crippen LogP contribution in [0.4, 0.5) is 10.2 Å². The molecule has 1 saturated carbocycles. The number of nitrogen functional groups attached to an aromatic ring is 1. The lowest BCUT2D eigenvalue weighted by atomic mass is 9.62. The molecule has 1 aliphatic carbocycles. The van der Waals surface area contributed by atoms with Crippen molar-refractivity contribution in [1.29, 1.82) is 0 Å². The molecule has 0 amide bonds. The molecule has 1 fully saturated rings. The minimum atomic E-state index is -0.197. The third-order valence-electron chi connectivity index (χ3n) is 5.89. The molecule has 1 aliphatic rings. The van der Waals surface area contributed by atoms with E-state index in [0.29, 0.717) is 5.82 Å². The van der Waals surface area contributed by atoms with Gasteiger partial charge in [0.1, 0.15) is 5.82 Å². The van der Waals surface area contributed by atoms with E-state index < -0.39 is 0 Å². The summed E-state index contributed by atoms with van der Waals surface area (Å²) in [6.07, 6.45) is 4.20. The Hall–Kier alpha value is -3.28. The fraction of sp³-hybridized carbons (Fsp3) is 0.227. The number of anilines is 1. The summed E-state index contributed by atoms with van der Waals surface area (Å²) in [6, 6.07) is 16.8. The van der Waals surface area contributed by atoms with Gasteiger partial charge in [0.2, 0.25) is 0 Å². The quantitative estimate of drug-likeness (QED) is 0.555. The highest BCUT2D eigenvalue weighted by atomic mass is 19.1. The maximum absolute atomic E-state index is 13.3. The van der Waals surface area contributed by atoms with E-state index in [-0.39, 0.29) is 11.2 Å². The van der Waals surface area contributed by atoms with Gasteiger partial charge >= 0.3 is 0 Å². The molecule has 2 heterocycles. The third-order valence-corrected chi connectivity index (χ3v) is 5.89. The number of hydrogen-bond donors (Lipinski definition) is 2. The monoisotopic (exact) mass is 373 g/mol. The maximum Gasteiger partial charge on any atom is 0.153 e. The summed E-state index contributed by atoms with van der Waals surface area (Å²) in [5.74, 6) is 0.283. The van der Waals surface area contributed by atoms with Gasteiger partial charge in [-0.25, -0.2) is 4.39 Å². The Balaban J connectivity index is 1.41. The summed E-state index contributed by atoms with van der Waals surface area (Å²) in [4.78, 5) is 0. The summed E-state index contributed by atoms with van der Waals surface area (Å²) in [5, 5.41) is 16.7. The standard InChI is InChI=1S/C22H20FN5/c23-16-5-3-15(4-6-16)22(10-1-11-22)13-17-7-9-19(26-25-17)14-2-8-20-18(12-14)21(24)28-27-20/h2-9,12H,1,10-11,13H2,(H3,24,27,28). The van der Waals surface area contributed by atoms with Crippen LogP contribution < -0.4 is 5.73 Å². The van der Waals surface area contributed by atoms with Crippen LogP contribution in [0, 0.1) is 5.82 Å². The lowest BCUT2D eigenvalue weighted by molar-refractivity contribution is 0.239. The fourth-order valence-corrected chi connectivity index (χ4v) is 4.12. The molecule has 5 rings (SSSR count). The Bertz CT molecular complexity index is 1130. The van der Waals surface area contributed by atoms with E-state index >= 15 is 0 Å². The van der Waals surface area contributed by atoms with E-state index in [4.69, 9.17) is 5.73 Å². The topological polar surface area (TPSA) is 80.5 Å². The molecule has 0 bridgehead atoms. The third kappa shape index (κ3) is 2.81. The molecule has 2 aromatic heterocycles. The van der Waals surface area contributed by atoms with Crippen molar-refractivity contribution < 1.29 is 4.39 Å². The predicted molar refractivity (Wildman–Crippen MR) is 107 cm³/mol. The highest BCUT2D eigenvalue weighted by Gasteiger charge is 2.39. The molecular weight excluding hydrogens is 353 g/mol. The van der Waals surface area contributed by atoms with Crippen LogP contribution in [0.3, 0.4) is 0 Å². The first-order valence-electron chi connectivity index (χ1n) is 9.46. The largest absolute Gasteiger partial charge is 0.382 e. The molecular formula is C22H20FN5. The summed E-state index contributed by atoms with van der Waals surface area (Å²) >= 11 is 0. The zero-order chi connectivity index (χ0) is 19.1. The molecule has 0 aliphatic heterocycles. The van der Waals surface area contributed by atoms with Gasteiger partial charge in [-0.2, -0.15) is 15.3 Å². The molecule has 6 heteroatoms. The van der Waals surface area contributed by atoms with Gasteiger partial charge in [-0.15, -0.1) is 0 Å². The second kappa shape index (κ2) is 6.41. The van der Waals surface area contributed by atoms with E-state index in [9.17, 15) is 4.39 Å². The minimum Gasteiger partial charge on any atom is -0.382 e. The SMILES string of the molecule is Nc1n[nH]c2ccc(-c3ccc(CC4(c5ccc(F)cc5)CCC4)nn3)cc12. The van der Waals surface area contributed by atoms with Crippen molar-refractivity contribution in [3.05, 3.63) is 71.7 Å². The van der Waals surface area contributed by atoms with E-state index in [0.717, 1.165) is 47.1 Å². The molecule has 140 valence electrons. The van der Waals surface area contributed by atoms with Crippen molar-refractivity contribution in [3.8, 4) is 11.3 Å². The van der Waals surface area contributed by atoms with Crippen LogP contribution >= 0.6 is 0 Å². The minimum absolute atomic E-state index is 0.0497. The summed E-state index contributed by atoms with van der Waals surface area (Å²) in [7, 11) is 0. The summed E-state index contributed by atoms with van der Waals surface area (Å²) in [6.45, 7) is 0. The molecule has 3 N–H and O–H groups in total. The number of fused-ring (bicyclic) bond motifs is 1. The Morgan fingerprint density at radius 3 is 2.50 bits per heavy atom. The zero-order valence-corrected chi connectivity index (χ0v) is 15.3. The number of benzene rings is 2. The molecule has 4 aromatic rings. The number of halogens is 1. The van der Waals surface area contributed by atoms with Crippen LogP contribution in [0.15, 0.2) is 54.6 Å². The number of rotatable bonds is 4. The van der Waals surface area contributed by atoms with E-state index in [1.807, 2.05) is 42.5 Å². The number of nitrogens with one attached hydrogen (secondary N) is 1. The number of hydrogen-bond acceptors (Lipinski definition) is 4. The smallest absolute Gasteiger partial charge is 0.153 e. The Morgan fingerprint density at radius 1 is 1.00 bits per heavy atom. The Kier molecular flexibility index (Phi) is 3.86. The number of aromatic nitrogens is 4. The van der Waals surface area contributed by atoms with Gasteiger partial charge in [0.15, 0.2) is 5.82 Å². The highest BCUT2D eigenvalue weighted by Crippen LogP contribution is 2.46. The molecule has 0 atom stereocenters. The van der Waals surface area contributed by atoms with Gasteiger partial charge in [-0.05, 0) is 54.8 Å². The van der Waals surface area contributed by atoms with Crippen molar-refractivity contribution in [3.63, 3.8) is 0 Å². The first-order chi connectivity index (χ1) is 13.6. The molecule has 28 heavy (non-hydrogen) atoms. The average Bonchev–Trinajstić information content (AvgIpc) is 3.06. The average molecular weight is 373 g/mol. The molecule has 5 nitrogen and oxygen atoms in total.